The highest BCUT2D eigenvalue weighted by molar-refractivity contribution is 5.97. The van der Waals surface area contributed by atoms with Crippen LogP contribution < -0.4 is 5.32 Å². The molecule has 1 aromatic heterocycles. The van der Waals surface area contributed by atoms with Crippen LogP contribution in [-0.4, -0.2) is 33.8 Å². The minimum absolute atomic E-state index is 0.0617. The highest BCUT2D eigenvalue weighted by atomic mass is 16.2. The summed E-state index contributed by atoms with van der Waals surface area (Å²) < 4.78 is 0. The third-order valence-electron chi connectivity index (χ3n) is 3.65. The Hall–Kier alpha value is -2.43. The van der Waals surface area contributed by atoms with E-state index in [-0.39, 0.29) is 18.4 Å². The van der Waals surface area contributed by atoms with Gasteiger partial charge < -0.3 is 10.2 Å². The summed E-state index contributed by atoms with van der Waals surface area (Å²) in [5.41, 5.74) is 1.08. The Labute approximate surface area is 123 Å². The van der Waals surface area contributed by atoms with Crippen molar-refractivity contribution in [2.24, 2.45) is 0 Å². The fourth-order valence-electron chi connectivity index (χ4n) is 2.65. The van der Waals surface area contributed by atoms with Crippen LogP contribution in [0, 0.1) is 0 Å². The molecule has 0 bridgehead atoms. The molecule has 21 heavy (non-hydrogen) atoms. The predicted molar refractivity (Wildman–Crippen MR) is 79.4 cm³/mol. The molecule has 2 amide bonds. The lowest BCUT2D eigenvalue weighted by molar-refractivity contribution is -0.148. The largest absolute Gasteiger partial charge is 0.341 e. The number of fused-ring (bicyclic) bond motifs is 1. The van der Waals surface area contributed by atoms with E-state index in [4.69, 9.17) is 0 Å². The molecule has 3 rings (SSSR count). The minimum atomic E-state index is -0.840. The van der Waals surface area contributed by atoms with Gasteiger partial charge in [0.2, 0.25) is 11.8 Å². The van der Waals surface area contributed by atoms with Gasteiger partial charge in [-0.25, -0.2) is 0 Å². The van der Waals surface area contributed by atoms with Crippen LogP contribution in [0.15, 0.2) is 36.5 Å². The summed E-state index contributed by atoms with van der Waals surface area (Å²) in [5, 5.41) is 3.74. The molecule has 1 aliphatic rings. The van der Waals surface area contributed by atoms with E-state index in [9.17, 15) is 9.59 Å². The number of carbonyl (C=O) groups excluding carboxylic acids is 2. The summed E-state index contributed by atoms with van der Waals surface area (Å²) in [5.74, 6) is -0.185. The monoisotopic (exact) mass is 283 g/mol. The number of aromatic nitrogens is 1. The van der Waals surface area contributed by atoms with Gasteiger partial charge in [-0.15, -0.1) is 0 Å². The summed E-state index contributed by atoms with van der Waals surface area (Å²) in [6.45, 7) is 3.99. The average molecular weight is 283 g/mol. The molecule has 108 valence electrons. The van der Waals surface area contributed by atoms with Gasteiger partial charge in [0.25, 0.3) is 0 Å². The molecule has 1 aromatic carbocycles. The third-order valence-corrected chi connectivity index (χ3v) is 3.65. The fourth-order valence-corrected chi connectivity index (χ4v) is 2.65. The van der Waals surface area contributed by atoms with Crippen LogP contribution in [0.5, 0.6) is 0 Å². The maximum Gasteiger partial charge on any atom is 0.248 e. The van der Waals surface area contributed by atoms with Crippen molar-refractivity contribution in [1.82, 2.24) is 15.2 Å². The molecule has 0 unspecified atom stereocenters. The van der Waals surface area contributed by atoms with E-state index in [0.717, 1.165) is 16.5 Å². The van der Waals surface area contributed by atoms with Gasteiger partial charge in [-0.2, -0.15) is 0 Å². The number of hydrogen-bond acceptors (Lipinski definition) is 3. The Morgan fingerprint density at radius 1 is 1.29 bits per heavy atom. The Morgan fingerprint density at radius 2 is 2.10 bits per heavy atom. The number of pyridine rings is 1. The van der Waals surface area contributed by atoms with Crippen LogP contribution in [-0.2, 0) is 16.1 Å². The van der Waals surface area contributed by atoms with Crippen molar-refractivity contribution in [3.63, 3.8) is 0 Å². The molecule has 0 aliphatic carbocycles. The highest BCUT2D eigenvalue weighted by Crippen LogP contribution is 2.19. The Balaban J connectivity index is 1.87. The first-order valence-electron chi connectivity index (χ1n) is 6.90. The zero-order valence-electron chi connectivity index (χ0n) is 12.1. The molecule has 1 fully saturated rings. The lowest BCUT2D eigenvalue weighted by atomic mass is 9.99. The zero-order chi connectivity index (χ0) is 15.0. The van der Waals surface area contributed by atoms with Crippen molar-refractivity contribution in [3.05, 3.63) is 42.1 Å². The number of nitrogens with zero attached hydrogens (tertiary/aromatic N) is 2. The first-order valence-corrected chi connectivity index (χ1v) is 6.90. The molecule has 0 saturated carbocycles. The fraction of sp³-hybridized carbons (Fsp3) is 0.312. The summed E-state index contributed by atoms with van der Waals surface area (Å²) in [4.78, 5) is 29.9. The summed E-state index contributed by atoms with van der Waals surface area (Å²) in [6, 6.07) is 9.76. The summed E-state index contributed by atoms with van der Waals surface area (Å²) in [6.07, 6.45) is 1.75. The van der Waals surface area contributed by atoms with E-state index >= 15 is 0 Å². The number of rotatable bonds is 2. The average Bonchev–Trinajstić information content (AvgIpc) is 2.44. The topological polar surface area (TPSA) is 62.3 Å². The molecular weight excluding hydrogens is 266 g/mol. The first kappa shape index (κ1) is 13.5. The molecule has 2 aromatic rings. The van der Waals surface area contributed by atoms with Gasteiger partial charge in [-0.3, -0.25) is 14.6 Å². The van der Waals surface area contributed by atoms with Crippen molar-refractivity contribution in [3.8, 4) is 0 Å². The van der Waals surface area contributed by atoms with Gasteiger partial charge in [-0.05, 0) is 37.6 Å². The van der Waals surface area contributed by atoms with Crippen LogP contribution in [0.25, 0.3) is 10.9 Å². The van der Waals surface area contributed by atoms with E-state index in [1.165, 1.54) is 0 Å². The van der Waals surface area contributed by atoms with Gasteiger partial charge in [0.1, 0.15) is 5.54 Å². The molecular formula is C16H17N3O2. The number of carbonyl (C=O) groups is 2. The second kappa shape index (κ2) is 4.84. The van der Waals surface area contributed by atoms with Crippen LogP contribution in [0.4, 0.5) is 0 Å². The summed E-state index contributed by atoms with van der Waals surface area (Å²) >= 11 is 0. The normalized spacial score (nSPS) is 17.9. The molecule has 0 radical (unpaired) electrons. The van der Waals surface area contributed by atoms with Gasteiger partial charge in [0.05, 0.1) is 12.1 Å². The summed E-state index contributed by atoms with van der Waals surface area (Å²) in [7, 11) is 0. The van der Waals surface area contributed by atoms with E-state index < -0.39 is 5.54 Å². The predicted octanol–water partition coefficient (Wildman–Crippen LogP) is 1.47. The smallest absolute Gasteiger partial charge is 0.248 e. The molecule has 0 atom stereocenters. The second-order valence-corrected chi connectivity index (χ2v) is 5.86. The van der Waals surface area contributed by atoms with E-state index in [1.54, 1.807) is 24.9 Å². The van der Waals surface area contributed by atoms with Gasteiger partial charge in [0.15, 0.2) is 0 Å². The Kier molecular flexibility index (Phi) is 3.12. The molecule has 1 aliphatic heterocycles. The molecule has 5 heteroatoms. The molecule has 2 heterocycles. The Morgan fingerprint density at radius 3 is 2.90 bits per heavy atom. The van der Waals surface area contributed by atoms with Crippen molar-refractivity contribution in [1.29, 1.82) is 0 Å². The van der Waals surface area contributed by atoms with Crippen LogP contribution >= 0.6 is 0 Å². The van der Waals surface area contributed by atoms with Crippen molar-refractivity contribution in [2.75, 3.05) is 6.54 Å². The quantitative estimate of drug-likeness (QED) is 0.908. The van der Waals surface area contributed by atoms with Gasteiger partial charge >= 0.3 is 0 Å². The SMILES string of the molecule is CC1(C)NC(=O)CN(Cc2ccc3ncccc3c2)C1=O. The maximum absolute atomic E-state index is 12.4. The number of nitrogens with one attached hydrogen (secondary N) is 1. The van der Waals surface area contributed by atoms with Gasteiger partial charge in [-0.1, -0.05) is 12.1 Å². The lowest BCUT2D eigenvalue weighted by Crippen LogP contribution is -2.63. The molecule has 5 nitrogen and oxygen atoms in total. The lowest BCUT2D eigenvalue weighted by Gasteiger charge is -2.37. The highest BCUT2D eigenvalue weighted by Gasteiger charge is 2.38. The number of piperazine rings is 1. The third kappa shape index (κ3) is 2.59. The number of hydrogen-bond donors (Lipinski definition) is 1. The number of benzene rings is 1. The van der Waals surface area contributed by atoms with Crippen molar-refractivity contribution < 1.29 is 9.59 Å². The molecule has 1 N–H and O–H groups in total. The molecule has 0 spiro atoms. The standard InChI is InChI=1S/C16H17N3O2/c1-16(2)15(21)19(10-14(20)18-16)9-11-5-6-13-12(8-11)4-3-7-17-13/h3-8H,9-10H2,1-2H3,(H,18,20). The van der Waals surface area contributed by atoms with Crippen LogP contribution in [0.3, 0.4) is 0 Å². The minimum Gasteiger partial charge on any atom is -0.341 e. The molecule has 1 saturated heterocycles. The second-order valence-electron chi connectivity index (χ2n) is 5.86. The van der Waals surface area contributed by atoms with Crippen molar-refractivity contribution in [2.45, 2.75) is 25.9 Å². The maximum atomic E-state index is 12.4. The van der Waals surface area contributed by atoms with E-state index in [0.29, 0.717) is 6.54 Å². The van der Waals surface area contributed by atoms with Crippen molar-refractivity contribution >= 4 is 22.7 Å². The van der Waals surface area contributed by atoms with E-state index in [2.05, 4.69) is 10.3 Å². The van der Waals surface area contributed by atoms with Crippen LogP contribution in [0.2, 0.25) is 0 Å². The van der Waals surface area contributed by atoms with E-state index in [1.807, 2.05) is 30.3 Å². The zero-order valence-corrected chi connectivity index (χ0v) is 12.1. The van der Waals surface area contributed by atoms with Gasteiger partial charge in [0, 0.05) is 18.1 Å². The Bertz CT molecular complexity index is 724. The first-order chi connectivity index (χ1) is 9.95. The van der Waals surface area contributed by atoms with Crippen LogP contribution in [0.1, 0.15) is 19.4 Å². The number of amides is 2.